The van der Waals surface area contributed by atoms with Gasteiger partial charge in [0.1, 0.15) is 13.2 Å². The van der Waals surface area contributed by atoms with Crippen LogP contribution in [0.2, 0.25) is 0 Å². The van der Waals surface area contributed by atoms with Crippen LogP contribution in [0.1, 0.15) is 252 Å². The fraction of sp³-hybridized carbons (Fsp3) is 0.560. The highest BCUT2D eigenvalue weighted by Gasteiger charge is 2.19. The van der Waals surface area contributed by atoms with E-state index in [4.69, 9.17) is 14.2 Å². The van der Waals surface area contributed by atoms with Gasteiger partial charge in [-0.1, -0.05) is 280 Å². The Labute approximate surface area is 497 Å². The topological polar surface area (TPSA) is 78.9 Å². The molecule has 81 heavy (non-hydrogen) atoms. The predicted molar refractivity (Wildman–Crippen MR) is 352 cm³/mol. The van der Waals surface area contributed by atoms with Gasteiger partial charge < -0.3 is 14.2 Å². The maximum Gasteiger partial charge on any atom is 0.309 e. The standard InChI is InChI=1S/C75H116O6/c1-4-7-10-13-16-19-22-25-28-30-32-34-35-36-37-38-39-41-42-44-47-50-53-56-59-62-65-68-74(77)80-71-72(70-79-73(76)67-64-61-58-55-52-49-46-27-24-21-18-15-12-9-6-3)81-75(78)69-66-63-60-57-54-51-48-45-43-40-33-31-29-26-23-20-17-14-11-8-5-2/h7-12,16-21,25-29,32-34,36-37,39-41,46,52,55,61,64,72H,4-6,13-15,22-24,30-31,35,38,42-45,47-51,53-54,56-60,62-63,65-71H2,1-3H3/b10-7-,11-8-,12-9-,19-16-,20-17-,21-18-,28-25-,29-26-,34-32-,37-36-,40-33-,41-39-,46-27-,55-52-,64-61-. The van der Waals surface area contributed by atoms with Crippen molar-refractivity contribution in [1.82, 2.24) is 0 Å². The maximum atomic E-state index is 12.9. The van der Waals surface area contributed by atoms with E-state index in [9.17, 15) is 14.4 Å². The van der Waals surface area contributed by atoms with Gasteiger partial charge in [-0.2, -0.15) is 0 Å². The number of rotatable bonds is 56. The Bertz CT molecular complexity index is 1900. The molecule has 0 rings (SSSR count). The summed E-state index contributed by atoms with van der Waals surface area (Å²) in [5.41, 5.74) is 0. The Kier molecular flexibility index (Phi) is 62.5. The number of hydrogen-bond donors (Lipinski definition) is 0. The van der Waals surface area contributed by atoms with Crippen LogP contribution in [-0.4, -0.2) is 37.2 Å². The molecule has 0 saturated heterocycles. The quantitative estimate of drug-likeness (QED) is 0.0261. The van der Waals surface area contributed by atoms with E-state index in [0.717, 1.165) is 154 Å². The number of carbonyl (C=O) groups is 3. The molecule has 1 unspecified atom stereocenters. The van der Waals surface area contributed by atoms with Gasteiger partial charge in [-0.25, -0.2) is 0 Å². The summed E-state index contributed by atoms with van der Waals surface area (Å²) < 4.78 is 16.8. The van der Waals surface area contributed by atoms with Gasteiger partial charge in [-0.15, -0.1) is 0 Å². The molecule has 0 amide bonds. The van der Waals surface area contributed by atoms with Crippen molar-refractivity contribution in [3.8, 4) is 0 Å². The van der Waals surface area contributed by atoms with E-state index in [1.165, 1.54) is 57.8 Å². The van der Waals surface area contributed by atoms with Gasteiger partial charge in [0, 0.05) is 12.8 Å². The van der Waals surface area contributed by atoms with E-state index in [1.54, 1.807) is 6.08 Å². The lowest BCUT2D eigenvalue weighted by Crippen LogP contribution is -2.30. The average molecular weight is 1110 g/mol. The highest BCUT2D eigenvalue weighted by Crippen LogP contribution is 2.14. The van der Waals surface area contributed by atoms with Crippen molar-refractivity contribution in [2.75, 3.05) is 13.2 Å². The minimum absolute atomic E-state index is 0.115. The van der Waals surface area contributed by atoms with Crippen LogP contribution in [0.3, 0.4) is 0 Å². The minimum Gasteiger partial charge on any atom is -0.462 e. The van der Waals surface area contributed by atoms with Crippen LogP contribution >= 0.6 is 0 Å². The SMILES string of the molecule is CC/C=C\C/C=C\C/C=C\C/C=C\C/C=C\C/C=C\CCCCCCCCCCC(=O)OCC(COC(=O)C/C=C\C/C=C\C/C=C\C/C=C\C/C=C\CC)OC(=O)CCCCCCCCCC/C=C\C/C=C\C/C=C\C/C=C\CC. The normalized spacial score (nSPS) is 13.4. The lowest BCUT2D eigenvalue weighted by molar-refractivity contribution is -0.166. The van der Waals surface area contributed by atoms with E-state index in [2.05, 4.69) is 191 Å². The zero-order valence-electron chi connectivity index (χ0n) is 51.7. The summed E-state index contributed by atoms with van der Waals surface area (Å²) in [4.78, 5) is 38.3. The molecular formula is C75H116O6. The molecule has 6 nitrogen and oxygen atoms in total. The van der Waals surface area contributed by atoms with E-state index in [-0.39, 0.29) is 38.0 Å². The van der Waals surface area contributed by atoms with Gasteiger partial charge in [0.15, 0.2) is 6.10 Å². The summed E-state index contributed by atoms with van der Waals surface area (Å²) in [6.07, 6.45) is 101. The smallest absolute Gasteiger partial charge is 0.309 e. The summed E-state index contributed by atoms with van der Waals surface area (Å²) >= 11 is 0. The molecule has 1 atom stereocenters. The lowest BCUT2D eigenvalue weighted by Gasteiger charge is -2.18. The van der Waals surface area contributed by atoms with Crippen LogP contribution in [0, 0.1) is 0 Å². The molecule has 0 aromatic carbocycles. The van der Waals surface area contributed by atoms with Crippen molar-refractivity contribution in [1.29, 1.82) is 0 Å². The summed E-state index contributed by atoms with van der Waals surface area (Å²) in [7, 11) is 0. The first-order chi connectivity index (χ1) is 40.0. The molecule has 0 bridgehead atoms. The number of esters is 3. The molecular weight excluding hydrogens is 997 g/mol. The van der Waals surface area contributed by atoms with Crippen molar-refractivity contribution in [2.45, 2.75) is 258 Å². The second-order valence-electron chi connectivity index (χ2n) is 20.5. The zero-order chi connectivity index (χ0) is 58.5. The first-order valence-corrected chi connectivity index (χ1v) is 32.3. The second kappa shape index (κ2) is 67.0. The molecule has 0 aliphatic heterocycles. The Morgan fingerprint density at radius 3 is 0.802 bits per heavy atom. The summed E-state index contributed by atoms with van der Waals surface area (Å²) in [6.45, 7) is 6.19. The van der Waals surface area contributed by atoms with E-state index in [0.29, 0.717) is 6.42 Å². The number of hydrogen-bond acceptors (Lipinski definition) is 6. The number of ether oxygens (including phenoxy) is 3. The van der Waals surface area contributed by atoms with Gasteiger partial charge in [0.25, 0.3) is 0 Å². The summed E-state index contributed by atoms with van der Waals surface area (Å²) in [5, 5.41) is 0. The summed E-state index contributed by atoms with van der Waals surface area (Å²) in [5.74, 6) is -1.08. The number of allylic oxidation sites excluding steroid dienone is 29. The van der Waals surface area contributed by atoms with Crippen molar-refractivity contribution in [3.63, 3.8) is 0 Å². The highest BCUT2D eigenvalue weighted by molar-refractivity contribution is 5.72. The van der Waals surface area contributed by atoms with Crippen LogP contribution in [0.4, 0.5) is 0 Å². The Hall–Kier alpha value is -5.49. The molecule has 452 valence electrons. The Morgan fingerprint density at radius 1 is 0.259 bits per heavy atom. The monoisotopic (exact) mass is 1110 g/mol. The van der Waals surface area contributed by atoms with Gasteiger partial charge >= 0.3 is 17.9 Å². The molecule has 0 aromatic rings. The first kappa shape index (κ1) is 75.5. The molecule has 0 heterocycles. The van der Waals surface area contributed by atoms with Crippen molar-refractivity contribution >= 4 is 17.9 Å². The lowest BCUT2D eigenvalue weighted by atomic mass is 10.1. The van der Waals surface area contributed by atoms with Crippen molar-refractivity contribution in [3.05, 3.63) is 182 Å². The van der Waals surface area contributed by atoms with Crippen LogP contribution in [0.25, 0.3) is 0 Å². The van der Waals surface area contributed by atoms with Gasteiger partial charge in [-0.3, -0.25) is 14.4 Å². The highest BCUT2D eigenvalue weighted by atomic mass is 16.6. The Balaban J connectivity index is 4.48. The van der Waals surface area contributed by atoms with Crippen LogP contribution in [-0.2, 0) is 28.6 Å². The van der Waals surface area contributed by atoms with E-state index >= 15 is 0 Å². The second-order valence-corrected chi connectivity index (χ2v) is 20.5. The van der Waals surface area contributed by atoms with E-state index < -0.39 is 12.1 Å². The molecule has 0 saturated carbocycles. The third-order valence-electron chi connectivity index (χ3n) is 12.9. The fourth-order valence-electron chi connectivity index (χ4n) is 8.22. The van der Waals surface area contributed by atoms with Crippen molar-refractivity contribution in [2.24, 2.45) is 0 Å². The molecule has 0 fully saturated rings. The predicted octanol–water partition coefficient (Wildman–Crippen LogP) is 22.4. The molecule has 0 aliphatic carbocycles. The average Bonchev–Trinajstić information content (AvgIpc) is 3.47. The molecule has 0 radical (unpaired) electrons. The molecule has 0 aliphatic rings. The van der Waals surface area contributed by atoms with Crippen LogP contribution < -0.4 is 0 Å². The molecule has 0 aromatic heterocycles. The largest absolute Gasteiger partial charge is 0.462 e. The zero-order valence-corrected chi connectivity index (χ0v) is 51.7. The first-order valence-electron chi connectivity index (χ1n) is 32.3. The van der Waals surface area contributed by atoms with Crippen LogP contribution in [0.15, 0.2) is 182 Å². The van der Waals surface area contributed by atoms with Crippen molar-refractivity contribution < 1.29 is 28.6 Å². The molecule has 0 spiro atoms. The maximum absolute atomic E-state index is 12.9. The van der Waals surface area contributed by atoms with Crippen LogP contribution in [0.5, 0.6) is 0 Å². The minimum atomic E-state index is -0.838. The third kappa shape index (κ3) is 65.2. The molecule has 6 heteroatoms. The number of carbonyl (C=O) groups excluding carboxylic acids is 3. The van der Waals surface area contributed by atoms with Gasteiger partial charge in [0.2, 0.25) is 0 Å². The molecule has 0 N–H and O–H groups in total. The van der Waals surface area contributed by atoms with E-state index in [1.807, 2.05) is 6.08 Å². The number of unbranched alkanes of at least 4 members (excludes halogenated alkanes) is 16. The summed E-state index contributed by atoms with van der Waals surface area (Å²) in [6, 6.07) is 0. The Morgan fingerprint density at radius 2 is 0.494 bits per heavy atom. The van der Waals surface area contributed by atoms with Gasteiger partial charge in [0.05, 0.1) is 6.42 Å². The fourth-order valence-corrected chi connectivity index (χ4v) is 8.22. The van der Waals surface area contributed by atoms with Gasteiger partial charge in [-0.05, 0) is 135 Å². The third-order valence-corrected chi connectivity index (χ3v) is 12.9.